The van der Waals surface area contributed by atoms with Gasteiger partial charge in [-0.15, -0.1) is 0 Å². The molecule has 2 heterocycles. The summed E-state index contributed by atoms with van der Waals surface area (Å²) in [7, 11) is 0. The van der Waals surface area contributed by atoms with Crippen molar-refractivity contribution in [2.24, 2.45) is 0 Å². The topological polar surface area (TPSA) is 107 Å². The van der Waals surface area contributed by atoms with Gasteiger partial charge in [0.25, 0.3) is 0 Å². The Morgan fingerprint density at radius 2 is 1.75 bits per heavy atom. The number of hydroxylamine groups is 1. The molecular formula is C24H27ClN2O5. The summed E-state index contributed by atoms with van der Waals surface area (Å²) in [4.78, 5) is 0. The van der Waals surface area contributed by atoms with Gasteiger partial charge in [-0.25, -0.2) is 5.48 Å². The van der Waals surface area contributed by atoms with E-state index in [4.69, 9.17) is 21.5 Å². The number of aromatic nitrogens is 1. The maximum atomic E-state index is 10.7. The Morgan fingerprint density at radius 1 is 1.00 bits per heavy atom. The van der Waals surface area contributed by atoms with Crippen molar-refractivity contribution in [3.05, 3.63) is 70.4 Å². The van der Waals surface area contributed by atoms with Crippen molar-refractivity contribution in [2.75, 3.05) is 6.54 Å². The lowest BCUT2D eigenvalue weighted by Gasteiger charge is -2.41. The van der Waals surface area contributed by atoms with Crippen LogP contribution in [0.5, 0.6) is 0 Å². The molecule has 3 aromatic rings. The predicted molar refractivity (Wildman–Crippen MR) is 120 cm³/mol. The summed E-state index contributed by atoms with van der Waals surface area (Å²) < 4.78 is 7.66. The molecule has 0 radical (unpaired) electrons. The van der Waals surface area contributed by atoms with Gasteiger partial charge in [0, 0.05) is 18.1 Å². The van der Waals surface area contributed by atoms with E-state index >= 15 is 0 Å². The summed E-state index contributed by atoms with van der Waals surface area (Å²) in [5.41, 5.74) is 6.22. The first-order valence-corrected chi connectivity index (χ1v) is 11.3. The highest BCUT2D eigenvalue weighted by molar-refractivity contribution is 6.35. The number of aliphatic hydroxyl groups is 3. The van der Waals surface area contributed by atoms with Crippen molar-refractivity contribution < 1.29 is 25.3 Å². The molecule has 5 N–H and O–H groups in total. The second-order valence-electron chi connectivity index (χ2n) is 8.79. The highest BCUT2D eigenvalue weighted by atomic mass is 35.5. The highest BCUT2D eigenvalue weighted by Gasteiger charge is 2.44. The van der Waals surface area contributed by atoms with E-state index in [0.29, 0.717) is 17.4 Å². The monoisotopic (exact) mass is 458 g/mol. The Bertz CT molecular complexity index is 1100. The van der Waals surface area contributed by atoms with E-state index in [9.17, 15) is 15.3 Å². The van der Waals surface area contributed by atoms with Gasteiger partial charge in [-0.05, 0) is 54.0 Å². The van der Waals surface area contributed by atoms with Crippen LogP contribution in [0.3, 0.4) is 0 Å². The van der Waals surface area contributed by atoms with Crippen LogP contribution in [0.25, 0.3) is 10.9 Å². The van der Waals surface area contributed by atoms with Gasteiger partial charge in [-0.2, -0.15) is 0 Å². The van der Waals surface area contributed by atoms with E-state index in [2.05, 4.69) is 24.3 Å². The molecule has 0 spiro atoms. The summed E-state index contributed by atoms with van der Waals surface area (Å²) >= 11 is 6.57. The molecule has 0 bridgehead atoms. The number of benzene rings is 2. The van der Waals surface area contributed by atoms with Gasteiger partial charge in [-0.3, -0.25) is 0 Å². The molecule has 0 unspecified atom stereocenters. The van der Waals surface area contributed by atoms with Crippen LogP contribution in [-0.2, 0) is 11.2 Å². The highest BCUT2D eigenvalue weighted by Crippen LogP contribution is 2.40. The fourth-order valence-corrected chi connectivity index (χ4v) is 4.95. The average Bonchev–Trinajstić information content (AvgIpc) is 3.58. The number of aliphatic hydroxyl groups excluding tert-OH is 3. The van der Waals surface area contributed by atoms with Gasteiger partial charge in [-0.1, -0.05) is 41.9 Å². The number of halogens is 1. The van der Waals surface area contributed by atoms with Gasteiger partial charge in [0.1, 0.15) is 24.4 Å². The lowest BCUT2D eigenvalue weighted by atomic mass is 9.98. The number of hydrogen-bond acceptors (Lipinski definition) is 6. The predicted octanol–water partition coefficient (Wildman–Crippen LogP) is 2.72. The summed E-state index contributed by atoms with van der Waals surface area (Å²) in [6.45, 7) is -0.0956. The number of hydrogen-bond donors (Lipinski definition) is 5. The average molecular weight is 459 g/mol. The van der Waals surface area contributed by atoms with Crippen molar-refractivity contribution >= 4 is 22.5 Å². The third-order valence-corrected chi connectivity index (χ3v) is 6.88. The van der Waals surface area contributed by atoms with E-state index in [1.807, 2.05) is 29.9 Å². The third-order valence-electron chi connectivity index (χ3n) is 6.56. The Labute approximate surface area is 190 Å². The second kappa shape index (κ2) is 8.76. The van der Waals surface area contributed by atoms with Crippen LogP contribution in [0, 0.1) is 0 Å². The van der Waals surface area contributed by atoms with Crippen LogP contribution in [0.1, 0.15) is 41.7 Å². The molecule has 8 heteroatoms. The summed E-state index contributed by atoms with van der Waals surface area (Å²) in [6.07, 6.45) is -0.935. The molecule has 0 amide bonds. The lowest BCUT2D eigenvalue weighted by Crippen LogP contribution is -2.57. The molecule has 5 rings (SSSR count). The minimum atomic E-state index is -1.43. The van der Waals surface area contributed by atoms with Crippen molar-refractivity contribution in [3.63, 3.8) is 0 Å². The molecular weight excluding hydrogens is 432 g/mol. The van der Waals surface area contributed by atoms with Gasteiger partial charge < -0.3 is 29.8 Å². The van der Waals surface area contributed by atoms with Crippen LogP contribution < -0.4 is 5.48 Å². The van der Waals surface area contributed by atoms with Crippen molar-refractivity contribution in [2.45, 2.75) is 55.8 Å². The van der Waals surface area contributed by atoms with E-state index in [0.717, 1.165) is 22.0 Å². The zero-order valence-electron chi connectivity index (χ0n) is 17.4. The number of nitrogens with one attached hydrogen (secondary N) is 1. The fraction of sp³-hybridized carbons (Fsp3) is 0.417. The standard InChI is InChI=1S/C24H27ClN2O5/c25-17-2-1-3-18-20(17)16(10-13-4-6-14(7-5-13)15-8-9-15)12-27(18)24-23(30)22(29)21(28)19(32-24)11-26-31/h1-7,12,15,19,21-24,26,28-31H,8-11H2/t19-,21-,22+,23-,24-/m1/s1. The molecule has 1 saturated carbocycles. The number of nitrogens with zero attached hydrogens (tertiary/aromatic N) is 1. The Balaban J connectivity index is 1.51. The summed E-state index contributed by atoms with van der Waals surface area (Å²) in [6, 6.07) is 14.2. The van der Waals surface area contributed by atoms with E-state index in [1.165, 1.54) is 18.4 Å². The van der Waals surface area contributed by atoms with Crippen molar-refractivity contribution in [1.82, 2.24) is 10.0 Å². The first kappa shape index (κ1) is 21.9. The maximum Gasteiger partial charge on any atom is 0.163 e. The van der Waals surface area contributed by atoms with Crippen LogP contribution in [0.4, 0.5) is 0 Å². The zero-order chi connectivity index (χ0) is 22.4. The first-order chi connectivity index (χ1) is 15.5. The zero-order valence-corrected chi connectivity index (χ0v) is 18.2. The normalized spacial score (nSPS) is 28.3. The second-order valence-corrected chi connectivity index (χ2v) is 9.19. The van der Waals surface area contributed by atoms with E-state index in [1.54, 1.807) is 4.57 Å². The largest absolute Gasteiger partial charge is 0.388 e. The van der Waals surface area contributed by atoms with Gasteiger partial charge in [0.15, 0.2) is 6.23 Å². The molecule has 2 aromatic carbocycles. The van der Waals surface area contributed by atoms with Crippen LogP contribution in [0.15, 0.2) is 48.7 Å². The van der Waals surface area contributed by atoms with E-state index in [-0.39, 0.29) is 6.54 Å². The Morgan fingerprint density at radius 3 is 2.44 bits per heavy atom. The van der Waals surface area contributed by atoms with Crippen LogP contribution in [-0.4, -0.2) is 56.1 Å². The molecule has 1 aliphatic carbocycles. The minimum Gasteiger partial charge on any atom is -0.388 e. The molecule has 1 saturated heterocycles. The molecule has 2 fully saturated rings. The quantitative estimate of drug-likeness (QED) is 0.364. The number of rotatable bonds is 6. The lowest BCUT2D eigenvalue weighted by molar-refractivity contribution is -0.245. The van der Waals surface area contributed by atoms with Crippen molar-refractivity contribution in [3.8, 4) is 0 Å². The Kier molecular flexibility index (Phi) is 5.98. The van der Waals surface area contributed by atoms with Gasteiger partial charge in [0.2, 0.25) is 0 Å². The molecule has 7 nitrogen and oxygen atoms in total. The third kappa shape index (κ3) is 3.95. The van der Waals surface area contributed by atoms with Crippen LogP contribution in [0.2, 0.25) is 5.02 Å². The van der Waals surface area contributed by atoms with Gasteiger partial charge in [0.05, 0.1) is 10.5 Å². The molecule has 32 heavy (non-hydrogen) atoms. The summed E-state index contributed by atoms with van der Waals surface area (Å²) in [5, 5.41) is 41.8. The smallest absolute Gasteiger partial charge is 0.163 e. The summed E-state index contributed by atoms with van der Waals surface area (Å²) in [5.74, 6) is 0.702. The van der Waals surface area contributed by atoms with Crippen molar-refractivity contribution in [1.29, 1.82) is 0 Å². The van der Waals surface area contributed by atoms with Crippen LogP contribution >= 0.6 is 11.6 Å². The Hall–Kier alpha value is -1.97. The first-order valence-electron chi connectivity index (χ1n) is 10.9. The number of fused-ring (bicyclic) bond motifs is 1. The number of ether oxygens (including phenoxy) is 1. The molecule has 2 aliphatic rings. The van der Waals surface area contributed by atoms with Gasteiger partial charge >= 0.3 is 0 Å². The maximum absolute atomic E-state index is 10.7. The SMILES string of the molecule is ONC[C@H]1O[C@@H](n2cc(Cc3ccc(C4CC4)cc3)c3c(Cl)cccc32)[C@H](O)[C@@H](O)[C@@H]1O. The molecule has 5 atom stereocenters. The van der Waals surface area contributed by atoms with E-state index < -0.39 is 30.6 Å². The fourth-order valence-electron chi connectivity index (χ4n) is 4.66. The molecule has 170 valence electrons. The molecule has 1 aliphatic heterocycles. The molecule has 1 aromatic heterocycles. The minimum absolute atomic E-state index is 0.0956.